The zero-order valence-corrected chi connectivity index (χ0v) is 10.4. The number of hydrogen-bond acceptors (Lipinski definition) is 3. The van der Waals surface area contributed by atoms with Crippen molar-refractivity contribution in [3.05, 3.63) is 16.6 Å². The molecule has 1 aliphatic carbocycles. The molecule has 0 amide bonds. The number of rotatable bonds is 2. The van der Waals surface area contributed by atoms with E-state index in [0.717, 1.165) is 12.8 Å². The number of aromatic nitrogens is 1. The van der Waals surface area contributed by atoms with Gasteiger partial charge in [-0.1, -0.05) is 26.7 Å². The van der Waals surface area contributed by atoms with Gasteiger partial charge in [0.25, 0.3) is 0 Å². The third kappa shape index (κ3) is 2.08. The maximum atomic E-state index is 6.59. The van der Waals surface area contributed by atoms with E-state index in [1.807, 2.05) is 11.6 Å². The summed E-state index contributed by atoms with van der Waals surface area (Å²) in [5, 5.41) is 3.22. The Morgan fingerprint density at radius 2 is 2.13 bits per heavy atom. The normalized spacial score (nSPS) is 30.3. The van der Waals surface area contributed by atoms with Gasteiger partial charge in [-0.2, -0.15) is 0 Å². The predicted octanol–water partition coefficient (Wildman–Crippen LogP) is 2.98. The lowest BCUT2D eigenvalue weighted by molar-refractivity contribution is 0.0990. The van der Waals surface area contributed by atoms with Gasteiger partial charge < -0.3 is 5.73 Å². The molecule has 0 bridgehead atoms. The molecule has 0 aliphatic heterocycles. The summed E-state index contributed by atoms with van der Waals surface area (Å²) in [6.45, 7) is 4.61. The largest absolute Gasteiger partial charge is 0.324 e. The molecule has 0 saturated heterocycles. The quantitative estimate of drug-likeness (QED) is 0.838. The summed E-state index contributed by atoms with van der Waals surface area (Å²) >= 11 is 1.72. The van der Waals surface area contributed by atoms with E-state index >= 15 is 0 Å². The fraction of sp³-hybridized carbons (Fsp3) is 0.750. The number of nitrogens with zero attached hydrogens (tertiary/aromatic N) is 1. The maximum Gasteiger partial charge on any atom is 0.0943 e. The standard InChI is InChI=1S/C12H20N2S/c1-11(2)5-3-4-6-12(11,13)9-10-14-7-8-15-10/h7-8H,3-6,9,13H2,1-2H3. The third-order valence-corrected chi connectivity index (χ3v) is 4.75. The smallest absolute Gasteiger partial charge is 0.0943 e. The van der Waals surface area contributed by atoms with Gasteiger partial charge in [-0.25, -0.2) is 4.98 Å². The van der Waals surface area contributed by atoms with E-state index in [-0.39, 0.29) is 11.0 Å². The Balaban J connectivity index is 2.17. The third-order valence-electron chi connectivity index (χ3n) is 3.97. The van der Waals surface area contributed by atoms with Crippen molar-refractivity contribution in [2.45, 2.75) is 51.5 Å². The molecule has 0 radical (unpaired) electrons. The van der Waals surface area contributed by atoms with E-state index in [1.165, 1.54) is 24.3 Å². The van der Waals surface area contributed by atoms with Crippen LogP contribution in [0.15, 0.2) is 11.6 Å². The highest BCUT2D eigenvalue weighted by Gasteiger charge is 2.43. The first-order chi connectivity index (χ1) is 7.04. The molecule has 0 aromatic carbocycles. The second-order valence-corrected chi connectivity index (χ2v) is 6.33. The van der Waals surface area contributed by atoms with Crippen LogP contribution in [0.5, 0.6) is 0 Å². The summed E-state index contributed by atoms with van der Waals surface area (Å²) in [7, 11) is 0. The molecular formula is C12H20N2S. The molecule has 1 aromatic rings. The molecule has 15 heavy (non-hydrogen) atoms. The van der Waals surface area contributed by atoms with Crippen molar-refractivity contribution in [3.63, 3.8) is 0 Å². The van der Waals surface area contributed by atoms with E-state index < -0.39 is 0 Å². The Bertz CT molecular complexity index is 318. The summed E-state index contributed by atoms with van der Waals surface area (Å²) in [5.41, 5.74) is 6.79. The van der Waals surface area contributed by atoms with Crippen LogP contribution in [0.2, 0.25) is 0 Å². The van der Waals surface area contributed by atoms with Crippen LogP contribution in [-0.4, -0.2) is 10.5 Å². The van der Waals surface area contributed by atoms with E-state index in [9.17, 15) is 0 Å². The minimum Gasteiger partial charge on any atom is -0.324 e. The fourth-order valence-electron chi connectivity index (χ4n) is 2.53. The van der Waals surface area contributed by atoms with Gasteiger partial charge in [0, 0.05) is 23.5 Å². The Morgan fingerprint density at radius 1 is 1.40 bits per heavy atom. The highest BCUT2D eigenvalue weighted by atomic mass is 32.1. The van der Waals surface area contributed by atoms with Crippen LogP contribution in [0.4, 0.5) is 0 Å². The molecule has 3 heteroatoms. The fourth-order valence-corrected chi connectivity index (χ4v) is 3.27. The summed E-state index contributed by atoms with van der Waals surface area (Å²) in [4.78, 5) is 4.36. The first-order valence-electron chi connectivity index (χ1n) is 5.71. The molecule has 1 unspecified atom stereocenters. The van der Waals surface area contributed by atoms with Crippen molar-refractivity contribution in [2.24, 2.45) is 11.1 Å². The van der Waals surface area contributed by atoms with Gasteiger partial charge in [0.1, 0.15) is 0 Å². The Kier molecular flexibility index (Phi) is 2.86. The lowest BCUT2D eigenvalue weighted by Crippen LogP contribution is -2.56. The number of thiazole rings is 1. The average molecular weight is 224 g/mol. The summed E-state index contributed by atoms with van der Waals surface area (Å²) in [6.07, 6.45) is 7.79. The van der Waals surface area contributed by atoms with Crippen LogP contribution >= 0.6 is 11.3 Å². The lowest BCUT2D eigenvalue weighted by Gasteiger charge is -2.47. The van der Waals surface area contributed by atoms with Gasteiger partial charge in [0.2, 0.25) is 0 Å². The zero-order chi connectivity index (χ0) is 10.9. The topological polar surface area (TPSA) is 38.9 Å². The lowest BCUT2D eigenvalue weighted by atomic mass is 9.62. The second-order valence-electron chi connectivity index (χ2n) is 5.35. The minimum atomic E-state index is -0.0525. The number of hydrogen-bond donors (Lipinski definition) is 1. The molecule has 1 saturated carbocycles. The maximum absolute atomic E-state index is 6.59. The molecular weight excluding hydrogens is 204 g/mol. The molecule has 1 fully saturated rings. The van der Waals surface area contributed by atoms with Crippen LogP contribution in [0.25, 0.3) is 0 Å². The Morgan fingerprint density at radius 3 is 2.73 bits per heavy atom. The Labute approximate surface area is 95.9 Å². The molecule has 1 heterocycles. The van der Waals surface area contributed by atoms with Crippen LogP contribution in [0.1, 0.15) is 44.5 Å². The van der Waals surface area contributed by atoms with Gasteiger partial charge in [0.05, 0.1) is 5.01 Å². The number of nitrogens with two attached hydrogens (primary N) is 1. The van der Waals surface area contributed by atoms with Gasteiger partial charge in [-0.3, -0.25) is 0 Å². The van der Waals surface area contributed by atoms with Crippen molar-refractivity contribution in [2.75, 3.05) is 0 Å². The van der Waals surface area contributed by atoms with Crippen molar-refractivity contribution in [3.8, 4) is 0 Å². The zero-order valence-electron chi connectivity index (χ0n) is 9.62. The van der Waals surface area contributed by atoms with Crippen molar-refractivity contribution in [1.82, 2.24) is 4.98 Å². The highest BCUT2D eigenvalue weighted by molar-refractivity contribution is 7.09. The van der Waals surface area contributed by atoms with Crippen molar-refractivity contribution in [1.29, 1.82) is 0 Å². The average Bonchev–Trinajstić information content (AvgIpc) is 2.63. The van der Waals surface area contributed by atoms with E-state index in [0.29, 0.717) is 0 Å². The molecule has 84 valence electrons. The van der Waals surface area contributed by atoms with Crippen LogP contribution in [-0.2, 0) is 6.42 Å². The van der Waals surface area contributed by atoms with Crippen molar-refractivity contribution >= 4 is 11.3 Å². The predicted molar refractivity (Wildman–Crippen MR) is 65.0 cm³/mol. The first kappa shape index (κ1) is 11.1. The van der Waals surface area contributed by atoms with E-state index in [2.05, 4.69) is 18.8 Å². The van der Waals surface area contributed by atoms with Crippen LogP contribution in [0, 0.1) is 5.41 Å². The molecule has 1 aliphatic rings. The van der Waals surface area contributed by atoms with Crippen LogP contribution < -0.4 is 5.73 Å². The van der Waals surface area contributed by atoms with Crippen LogP contribution in [0.3, 0.4) is 0 Å². The molecule has 2 N–H and O–H groups in total. The summed E-state index contributed by atoms with van der Waals surface area (Å²) in [5.74, 6) is 0. The minimum absolute atomic E-state index is 0.0525. The monoisotopic (exact) mass is 224 g/mol. The van der Waals surface area contributed by atoms with Gasteiger partial charge in [-0.15, -0.1) is 11.3 Å². The molecule has 0 spiro atoms. The van der Waals surface area contributed by atoms with Crippen molar-refractivity contribution < 1.29 is 0 Å². The highest BCUT2D eigenvalue weighted by Crippen LogP contribution is 2.43. The molecule has 2 nitrogen and oxygen atoms in total. The van der Waals surface area contributed by atoms with E-state index in [4.69, 9.17) is 5.73 Å². The molecule has 1 aromatic heterocycles. The first-order valence-corrected chi connectivity index (χ1v) is 6.59. The summed E-state index contributed by atoms with van der Waals surface area (Å²) in [6, 6.07) is 0. The van der Waals surface area contributed by atoms with Gasteiger partial charge in [-0.05, 0) is 18.3 Å². The van der Waals surface area contributed by atoms with Gasteiger partial charge >= 0.3 is 0 Å². The van der Waals surface area contributed by atoms with E-state index in [1.54, 1.807) is 11.3 Å². The molecule has 1 atom stereocenters. The van der Waals surface area contributed by atoms with Gasteiger partial charge in [0.15, 0.2) is 0 Å². The molecule has 2 rings (SSSR count). The Hall–Kier alpha value is -0.410. The summed E-state index contributed by atoms with van der Waals surface area (Å²) < 4.78 is 0. The second kappa shape index (κ2) is 3.87. The SMILES string of the molecule is CC1(C)CCCCC1(N)Cc1nccs1.